The van der Waals surface area contributed by atoms with Gasteiger partial charge in [-0.2, -0.15) is 30.3 Å². The van der Waals surface area contributed by atoms with E-state index in [1.54, 1.807) is 12.1 Å². The molecular weight excluding hydrogens is 223 g/mol. The maximum Gasteiger partial charge on any atom is 1.00 e. The summed E-state index contributed by atoms with van der Waals surface area (Å²) in [7, 11) is -3.67. The average molecular weight is 228 g/mol. The number of rotatable bonds is 1. The number of aromatic carboxylic acids is 1. The third-order valence-corrected chi connectivity index (χ3v) is 0.965. The summed E-state index contributed by atoms with van der Waals surface area (Å²) in [5, 5.41) is 8.37. The molecule has 14 heavy (non-hydrogen) atoms. The maximum absolute atomic E-state index is 10.2. The Morgan fingerprint density at radius 1 is 1.29 bits per heavy atom. The van der Waals surface area contributed by atoms with E-state index < -0.39 is 13.5 Å². The Kier molecular flexibility index (Phi) is 11.5. The minimum Gasteiger partial charge on any atom is -0.479 e. The van der Waals surface area contributed by atoms with E-state index >= 15 is 0 Å². The molecule has 0 aliphatic carbocycles. The fourth-order valence-corrected chi connectivity index (χ4v) is 0.529. The predicted molar refractivity (Wildman–Crippen MR) is 41.3 cm³/mol. The zero-order chi connectivity index (χ0) is 10.3. The number of carboxylic acid groups (broad SMARTS) is 1. The van der Waals surface area contributed by atoms with Crippen LogP contribution in [-0.2, 0) is 0 Å². The first-order valence-electron chi connectivity index (χ1n) is 3.15. The second kappa shape index (κ2) is 9.73. The van der Waals surface area contributed by atoms with Crippen LogP contribution in [0.15, 0.2) is 24.3 Å². The van der Waals surface area contributed by atoms with E-state index in [0.717, 1.165) is 0 Å². The van der Waals surface area contributed by atoms with E-state index in [9.17, 15) is 17.7 Å². The molecular formula is C7H5BF3KO2. The van der Waals surface area contributed by atoms with Crippen LogP contribution in [0.4, 0.5) is 12.9 Å². The van der Waals surface area contributed by atoms with Crippen LogP contribution in [0.5, 0.6) is 0 Å². The Bertz CT molecular complexity index is 256. The van der Waals surface area contributed by atoms with Crippen LogP contribution >= 0.6 is 0 Å². The molecule has 0 amide bonds. The van der Waals surface area contributed by atoms with Crippen molar-refractivity contribution in [2.75, 3.05) is 0 Å². The molecule has 0 fully saturated rings. The minimum atomic E-state index is -3.67. The third kappa shape index (κ3) is 10.3. The van der Waals surface area contributed by atoms with Gasteiger partial charge in [-0.05, 0) is 5.56 Å². The summed E-state index contributed by atoms with van der Waals surface area (Å²) in [6.45, 7) is 0. The fourth-order valence-electron chi connectivity index (χ4n) is 0.529. The van der Waals surface area contributed by atoms with Gasteiger partial charge < -0.3 is 5.11 Å². The molecule has 0 saturated heterocycles. The fraction of sp³-hybridized carbons (Fsp3) is 0. The molecule has 1 N–H and O–H groups in total. The van der Waals surface area contributed by atoms with Gasteiger partial charge in [0.05, 0.1) is 0 Å². The van der Waals surface area contributed by atoms with Crippen molar-refractivity contribution in [1.82, 2.24) is 0 Å². The summed E-state index contributed by atoms with van der Waals surface area (Å²) >= 11 is 0. The molecule has 0 atom stereocenters. The molecule has 1 aromatic carbocycles. The standard InChI is InChI=1S/C7H5O2.BF3.K/c8-7(9)6-4-2-1-3-5-6;2-1(3)4;/h2-5H,(H,8,9);;/q-1;;+1. The average Bonchev–Trinajstić information content (AvgIpc) is 2.05. The van der Waals surface area contributed by atoms with Gasteiger partial charge in [0.2, 0.25) is 0 Å². The van der Waals surface area contributed by atoms with Crippen molar-refractivity contribution in [3.63, 3.8) is 0 Å². The molecule has 0 aliphatic heterocycles. The number of hydrogen-bond acceptors (Lipinski definition) is 1. The Hall–Kier alpha value is 0.181. The molecule has 1 aromatic rings. The second-order valence-corrected chi connectivity index (χ2v) is 1.84. The Labute approximate surface area is 122 Å². The SMILES string of the molecule is FB(F)F.O=C(O)c1cc[c-]cc1.[K+]. The smallest absolute Gasteiger partial charge is 0.479 e. The summed E-state index contributed by atoms with van der Waals surface area (Å²) in [6.07, 6.45) is 0. The molecule has 0 heterocycles. The number of carboxylic acids is 1. The second-order valence-electron chi connectivity index (χ2n) is 1.84. The Morgan fingerprint density at radius 2 is 1.64 bits per heavy atom. The zero-order valence-corrected chi connectivity index (χ0v) is 10.5. The first-order chi connectivity index (χ1) is 6.04. The van der Waals surface area contributed by atoms with Crippen LogP contribution in [0.2, 0.25) is 0 Å². The van der Waals surface area contributed by atoms with Crippen LogP contribution in [-0.4, -0.2) is 18.6 Å². The van der Waals surface area contributed by atoms with Gasteiger partial charge >= 0.3 is 64.9 Å². The van der Waals surface area contributed by atoms with Gasteiger partial charge in [-0.3, -0.25) is 12.9 Å². The van der Waals surface area contributed by atoms with E-state index in [2.05, 4.69) is 6.07 Å². The zero-order valence-electron chi connectivity index (χ0n) is 7.38. The quantitative estimate of drug-likeness (QED) is 0.498. The molecule has 70 valence electrons. The summed E-state index contributed by atoms with van der Waals surface area (Å²) in [4.78, 5) is 10.2. The van der Waals surface area contributed by atoms with Gasteiger partial charge in [0.1, 0.15) is 0 Å². The number of halogens is 3. The van der Waals surface area contributed by atoms with Gasteiger partial charge in [-0.1, -0.05) is 0 Å². The third-order valence-electron chi connectivity index (χ3n) is 0.965. The monoisotopic (exact) mass is 228 g/mol. The molecule has 0 spiro atoms. The van der Waals surface area contributed by atoms with Gasteiger partial charge in [-0.15, -0.1) is 0 Å². The maximum atomic E-state index is 10.2. The van der Waals surface area contributed by atoms with Crippen molar-refractivity contribution >= 4 is 13.5 Å². The molecule has 0 unspecified atom stereocenters. The largest absolute Gasteiger partial charge is 1.00 e. The van der Waals surface area contributed by atoms with Crippen LogP contribution in [0.25, 0.3) is 0 Å². The van der Waals surface area contributed by atoms with Crippen molar-refractivity contribution < 1.29 is 74.2 Å². The van der Waals surface area contributed by atoms with Crippen molar-refractivity contribution in [3.8, 4) is 0 Å². The van der Waals surface area contributed by atoms with Crippen molar-refractivity contribution in [3.05, 3.63) is 35.9 Å². The normalized spacial score (nSPS) is 7.64. The number of benzene rings is 1. The molecule has 7 heteroatoms. The molecule has 0 aliphatic rings. The van der Waals surface area contributed by atoms with Gasteiger partial charge in [0.25, 0.3) is 0 Å². The van der Waals surface area contributed by atoms with E-state index in [1.165, 1.54) is 12.1 Å². The molecule has 0 bridgehead atoms. The van der Waals surface area contributed by atoms with E-state index in [1.807, 2.05) is 0 Å². The van der Waals surface area contributed by atoms with E-state index in [-0.39, 0.29) is 51.4 Å². The topological polar surface area (TPSA) is 37.3 Å². The predicted octanol–water partition coefficient (Wildman–Crippen LogP) is -0.931. The molecule has 0 radical (unpaired) electrons. The van der Waals surface area contributed by atoms with E-state index in [0.29, 0.717) is 5.56 Å². The van der Waals surface area contributed by atoms with Crippen LogP contribution in [0, 0.1) is 6.07 Å². The molecule has 1 rings (SSSR count). The Balaban J connectivity index is 0. The molecule has 2 nitrogen and oxygen atoms in total. The van der Waals surface area contributed by atoms with Gasteiger partial charge in [-0.25, -0.2) is 4.79 Å². The van der Waals surface area contributed by atoms with Crippen molar-refractivity contribution in [1.29, 1.82) is 0 Å². The van der Waals surface area contributed by atoms with Crippen molar-refractivity contribution in [2.45, 2.75) is 0 Å². The Morgan fingerprint density at radius 3 is 1.86 bits per heavy atom. The van der Waals surface area contributed by atoms with Gasteiger partial charge in [0, 0.05) is 0 Å². The molecule has 0 saturated carbocycles. The van der Waals surface area contributed by atoms with Crippen LogP contribution in [0.3, 0.4) is 0 Å². The summed E-state index contributed by atoms with van der Waals surface area (Å²) in [6, 6.07) is 8.87. The first-order valence-corrected chi connectivity index (χ1v) is 3.15. The van der Waals surface area contributed by atoms with Crippen LogP contribution < -0.4 is 51.4 Å². The van der Waals surface area contributed by atoms with E-state index in [4.69, 9.17) is 5.11 Å². The summed E-state index contributed by atoms with van der Waals surface area (Å²) in [5.41, 5.74) is 0.300. The van der Waals surface area contributed by atoms with Crippen molar-refractivity contribution in [2.24, 2.45) is 0 Å². The molecule has 0 aromatic heterocycles. The summed E-state index contributed by atoms with van der Waals surface area (Å²) in [5.74, 6) is -0.899. The van der Waals surface area contributed by atoms with Crippen LogP contribution in [0.1, 0.15) is 10.4 Å². The first kappa shape index (κ1) is 16.6. The minimum absolute atomic E-state index is 0. The summed E-state index contributed by atoms with van der Waals surface area (Å²) < 4.78 is 29.0. The number of carbonyl (C=O) groups is 1. The number of hydrogen-bond donors (Lipinski definition) is 1. The van der Waals surface area contributed by atoms with Gasteiger partial charge in [0.15, 0.2) is 0 Å².